The maximum Gasteiger partial charge on any atom is 0.420 e. The third-order valence-corrected chi connectivity index (χ3v) is 3.97. The number of aromatic nitrogens is 2. The van der Waals surface area contributed by atoms with Crippen LogP contribution in [0.3, 0.4) is 0 Å². The number of nitrogens with one attached hydrogen (secondary N) is 1. The molecule has 1 N–H and O–H groups in total. The van der Waals surface area contributed by atoms with Crippen LogP contribution in [0.15, 0.2) is 29.3 Å². The minimum absolute atomic E-state index is 0.0250. The molecule has 0 aliphatic rings. The van der Waals surface area contributed by atoms with Crippen LogP contribution in [-0.4, -0.2) is 15.7 Å². The number of anilines is 2. The molecule has 0 amide bonds. The molecule has 22 heavy (non-hydrogen) atoms. The second kappa shape index (κ2) is 6.75. The summed E-state index contributed by atoms with van der Waals surface area (Å²) >= 11 is 7.28. The first-order chi connectivity index (χ1) is 10.3. The molecule has 0 aliphatic heterocycles. The third-order valence-electron chi connectivity index (χ3n) is 2.80. The van der Waals surface area contributed by atoms with Gasteiger partial charge in [-0.1, -0.05) is 18.5 Å². The van der Waals surface area contributed by atoms with Crippen molar-refractivity contribution in [3.8, 4) is 0 Å². The van der Waals surface area contributed by atoms with E-state index in [0.29, 0.717) is 6.20 Å². The summed E-state index contributed by atoms with van der Waals surface area (Å²) in [5, 5.41) is 2.25. The predicted molar refractivity (Wildman–Crippen MR) is 82.9 cm³/mol. The van der Waals surface area contributed by atoms with E-state index in [9.17, 15) is 13.2 Å². The molecule has 1 aromatic carbocycles. The van der Waals surface area contributed by atoms with E-state index in [4.69, 9.17) is 11.6 Å². The smallest absolute Gasteiger partial charge is 0.324 e. The van der Waals surface area contributed by atoms with Crippen molar-refractivity contribution < 1.29 is 13.2 Å². The first-order valence-electron chi connectivity index (χ1n) is 6.41. The van der Waals surface area contributed by atoms with Gasteiger partial charge in [0, 0.05) is 16.8 Å². The standard InChI is InChI=1S/C14H13ClF3N3S/c1-3-22-9-4-5-11(8(2)6-9)20-13-19-7-10(12(15)21-13)14(16,17)18/h4-7H,3H2,1-2H3,(H,19,20,21). The molecule has 118 valence electrons. The van der Waals surface area contributed by atoms with E-state index in [1.807, 2.05) is 25.1 Å². The SMILES string of the molecule is CCSc1ccc(Nc2ncc(C(F)(F)F)c(Cl)n2)c(C)c1. The van der Waals surface area contributed by atoms with Crippen LogP contribution < -0.4 is 5.32 Å². The summed E-state index contributed by atoms with van der Waals surface area (Å²) in [6.45, 7) is 3.96. The average molecular weight is 348 g/mol. The van der Waals surface area contributed by atoms with Crippen LogP contribution in [-0.2, 0) is 6.18 Å². The fourth-order valence-electron chi connectivity index (χ4n) is 1.76. The minimum atomic E-state index is -4.56. The van der Waals surface area contributed by atoms with E-state index in [2.05, 4.69) is 22.2 Å². The van der Waals surface area contributed by atoms with Gasteiger partial charge in [-0.3, -0.25) is 0 Å². The van der Waals surface area contributed by atoms with Crippen LogP contribution in [0, 0.1) is 6.92 Å². The minimum Gasteiger partial charge on any atom is -0.324 e. The van der Waals surface area contributed by atoms with Gasteiger partial charge in [0.1, 0.15) is 10.7 Å². The molecule has 0 bridgehead atoms. The van der Waals surface area contributed by atoms with Crippen LogP contribution in [0.25, 0.3) is 0 Å². The Bertz CT molecular complexity index is 677. The van der Waals surface area contributed by atoms with E-state index in [1.165, 1.54) is 0 Å². The summed E-state index contributed by atoms with van der Waals surface area (Å²) in [4.78, 5) is 8.44. The van der Waals surface area contributed by atoms with E-state index >= 15 is 0 Å². The first kappa shape index (κ1) is 16.9. The second-order valence-corrected chi connectivity index (χ2v) is 6.13. The third kappa shape index (κ3) is 4.04. The number of hydrogen-bond donors (Lipinski definition) is 1. The maximum atomic E-state index is 12.6. The lowest BCUT2D eigenvalue weighted by Crippen LogP contribution is -2.09. The molecule has 0 radical (unpaired) electrons. The molecular formula is C14H13ClF3N3S. The quantitative estimate of drug-likeness (QED) is 0.600. The second-order valence-electron chi connectivity index (χ2n) is 4.43. The van der Waals surface area contributed by atoms with E-state index in [1.54, 1.807) is 11.8 Å². The molecule has 1 aromatic heterocycles. The molecule has 8 heteroatoms. The number of rotatable bonds is 4. The van der Waals surface area contributed by atoms with Crippen molar-refractivity contribution in [3.63, 3.8) is 0 Å². The Hall–Kier alpha value is -1.47. The highest BCUT2D eigenvalue weighted by Crippen LogP contribution is 2.34. The summed E-state index contributed by atoms with van der Waals surface area (Å²) in [5.41, 5.74) is 0.612. The highest BCUT2D eigenvalue weighted by atomic mass is 35.5. The van der Waals surface area contributed by atoms with Gasteiger partial charge in [-0.25, -0.2) is 9.97 Å². The van der Waals surface area contributed by atoms with Crippen molar-refractivity contribution >= 4 is 35.0 Å². The molecule has 0 saturated heterocycles. The van der Waals surface area contributed by atoms with Crippen LogP contribution >= 0.6 is 23.4 Å². The molecule has 0 aliphatic carbocycles. The van der Waals surface area contributed by atoms with Crippen molar-refractivity contribution in [2.45, 2.75) is 24.9 Å². The van der Waals surface area contributed by atoms with Crippen LogP contribution in [0.4, 0.5) is 24.8 Å². The molecule has 3 nitrogen and oxygen atoms in total. The zero-order valence-electron chi connectivity index (χ0n) is 11.8. The van der Waals surface area contributed by atoms with Crippen molar-refractivity contribution in [2.24, 2.45) is 0 Å². The summed E-state index contributed by atoms with van der Waals surface area (Å²) in [7, 11) is 0. The van der Waals surface area contributed by atoms with Crippen molar-refractivity contribution in [1.82, 2.24) is 9.97 Å². The Morgan fingerprint density at radius 2 is 2.05 bits per heavy atom. The molecule has 0 atom stereocenters. The van der Waals surface area contributed by atoms with E-state index in [-0.39, 0.29) is 5.95 Å². The van der Waals surface area contributed by atoms with Gasteiger partial charge in [-0.2, -0.15) is 13.2 Å². The molecule has 0 saturated carbocycles. The number of nitrogens with zero attached hydrogens (tertiary/aromatic N) is 2. The molecule has 0 fully saturated rings. The molecule has 1 heterocycles. The molecule has 2 aromatic rings. The lowest BCUT2D eigenvalue weighted by Gasteiger charge is -2.12. The lowest BCUT2D eigenvalue weighted by atomic mass is 10.2. The fourth-order valence-corrected chi connectivity index (χ4v) is 2.76. The van der Waals surface area contributed by atoms with Gasteiger partial charge in [-0.05, 0) is 36.4 Å². The molecule has 0 unspecified atom stereocenters. The topological polar surface area (TPSA) is 37.8 Å². The van der Waals surface area contributed by atoms with Gasteiger partial charge >= 0.3 is 6.18 Å². The van der Waals surface area contributed by atoms with Crippen LogP contribution in [0.1, 0.15) is 18.1 Å². The lowest BCUT2D eigenvalue weighted by molar-refractivity contribution is -0.137. The number of halogens is 4. The zero-order valence-corrected chi connectivity index (χ0v) is 13.4. The summed E-state index contributed by atoms with van der Waals surface area (Å²) in [6, 6.07) is 5.75. The van der Waals surface area contributed by atoms with Gasteiger partial charge < -0.3 is 5.32 Å². The monoisotopic (exact) mass is 347 g/mol. The average Bonchev–Trinajstić information content (AvgIpc) is 2.41. The van der Waals surface area contributed by atoms with Crippen molar-refractivity contribution in [2.75, 3.05) is 11.1 Å². The number of aryl methyl sites for hydroxylation is 1. The number of benzene rings is 1. The number of thioether (sulfide) groups is 1. The highest BCUT2D eigenvalue weighted by molar-refractivity contribution is 7.99. The van der Waals surface area contributed by atoms with Crippen molar-refractivity contribution in [1.29, 1.82) is 0 Å². The maximum absolute atomic E-state index is 12.6. The van der Waals surface area contributed by atoms with Crippen LogP contribution in [0.2, 0.25) is 5.15 Å². The molecule has 0 spiro atoms. The van der Waals surface area contributed by atoms with E-state index in [0.717, 1.165) is 21.9 Å². The van der Waals surface area contributed by atoms with Gasteiger partial charge in [-0.15, -0.1) is 11.8 Å². The van der Waals surface area contributed by atoms with Crippen LogP contribution in [0.5, 0.6) is 0 Å². The first-order valence-corrected chi connectivity index (χ1v) is 7.78. The Balaban J connectivity index is 2.23. The summed E-state index contributed by atoms with van der Waals surface area (Å²) in [5.74, 6) is 0.987. The Kier molecular flexibility index (Phi) is 5.18. The highest BCUT2D eigenvalue weighted by Gasteiger charge is 2.34. The Morgan fingerprint density at radius 1 is 1.32 bits per heavy atom. The largest absolute Gasteiger partial charge is 0.420 e. The van der Waals surface area contributed by atoms with Gasteiger partial charge in [0.25, 0.3) is 0 Å². The van der Waals surface area contributed by atoms with Crippen molar-refractivity contribution in [3.05, 3.63) is 40.7 Å². The number of hydrogen-bond acceptors (Lipinski definition) is 4. The Morgan fingerprint density at radius 3 is 2.59 bits per heavy atom. The summed E-state index contributed by atoms with van der Waals surface area (Å²) in [6.07, 6.45) is -3.89. The fraction of sp³-hybridized carbons (Fsp3) is 0.286. The van der Waals surface area contributed by atoms with E-state index < -0.39 is 16.9 Å². The molecule has 2 rings (SSSR count). The predicted octanol–water partition coefficient (Wildman–Crippen LogP) is 5.31. The zero-order chi connectivity index (χ0) is 16.3. The Labute approximate surface area is 135 Å². The number of alkyl halides is 3. The summed E-state index contributed by atoms with van der Waals surface area (Å²) < 4.78 is 37.8. The van der Waals surface area contributed by atoms with Gasteiger partial charge in [0.05, 0.1) is 0 Å². The molecular weight excluding hydrogens is 335 g/mol. The van der Waals surface area contributed by atoms with Gasteiger partial charge in [0.15, 0.2) is 0 Å². The normalized spacial score (nSPS) is 11.5. The van der Waals surface area contributed by atoms with Gasteiger partial charge in [0.2, 0.25) is 5.95 Å².